The van der Waals surface area contributed by atoms with Crippen molar-refractivity contribution in [1.82, 2.24) is 0 Å². The molecule has 1 spiro atoms. The summed E-state index contributed by atoms with van der Waals surface area (Å²) in [6.45, 7) is 0. The number of benzene rings is 11. The van der Waals surface area contributed by atoms with Crippen molar-refractivity contribution in [3.05, 3.63) is 322 Å². The number of anilines is 2. The highest BCUT2D eigenvalue weighted by molar-refractivity contribution is 5.93. The molecule has 2 aliphatic heterocycles. The van der Waals surface area contributed by atoms with Crippen LogP contribution in [0.25, 0.3) is 33.4 Å². The van der Waals surface area contributed by atoms with Crippen LogP contribution in [0.3, 0.4) is 0 Å². The lowest BCUT2D eigenvalue weighted by Crippen LogP contribution is -2.34. The van der Waals surface area contributed by atoms with Crippen LogP contribution in [0.2, 0.25) is 0 Å². The standard InChI is InChI=1S/C81H65NO2/c1-6-22-53(23-7-1)56-38-40-57(41-39-56)63-32-16-19-35-72(63)82(62-44-48-75-71(52-62)80(60-28-12-4-13-29-60,61-30-14-5-15-31-61)67-33-17-20-36-73(67)83-75)79-66-47-49-76-78(77(66)79)81(68-34-18-21-37-74(68)84-76)69-50-58(54-24-8-2-9-25-54)42-45-64(69)65-46-43-59(51-70(65)81)55-26-10-3-11-27-55/h1,4-7,12-23,28-52,54-55,79H,2-3,8-11,24-27H2. The zero-order valence-corrected chi connectivity index (χ0v) is 47.3. The molecule has 406 valence electrons. The predicted molar refractivity (Wildman–Crippen MR) is 342 cm³/mol. The fourth-order valence-corrected chi connectivity index (χ4v) is 16.4. The van der Waals surface area contributed by atoms with Gasteiger partial charge in [0.2, 0.25) is 0 Å². The smallest absolute Gasteiger partial charge is 0.132 e. The first kappa shape index (κ1) is 49.4. The van der Waals surface area contributed by atoms with Crippen molar-refractivity contribution >= 4 is 11.4 Å². The second-order valence-electron chi connectivity index (χ2n) is 24.6. The molecule has 11 aromatic rings. The van der Waals surface area contributed by atoms with Crippen LogP contribution in [-0.4, -0.2) is 0 Å². The van der Waals surface area contributed by atoms with Gasteiger partial charge in [0.25, 0.3) is 0 Å². The minimum Gasteiger partial charge on any atom is -0.457 e. The minimum absolute atomic E-state index is 0.141. The molecule has 84 heavy (non-hydrogen) atoms. The van der Waals surface area contributed by atoms with E-state index in [1.807, 2.05) is 0 Å². The molecule has 17 rings (SSSR count). The fraction of sp³-hybridized carbons (Fsp3) is 0.185. The quantitative estimate of drug-likeness (QED) is 0.144. The first-order valence-corrected chi connectivity index (χ1v) is 31.0. The van der Waals surface area contributed by atoms with Gasteiger partial charge in [-0.25, -0.2) is 0 Å². The van der Waals surface area contributed by atoms with E-state index in [-0.39, 0.29) is 6.04 Å². The lowest BCUT2D eigenvalue weighted by Gasteiger charge is -2.42. The molecule has 1 unspecified atom stereocenters. The second kappa shape index (κ2) is 19.7. The van der Waals surface area contributed by atoms with Crippen LogP contribution in [0.15, 0.2) is 255 Å². The number of hydrogen-bond acceptors (Lipinski definition) is 3. The van der Waals surface area contributed by atoms with Crippen molar-refractivity contribution in [3.63, 3.8) is 0 Å². The maximum atomic E-state index is 7.38. The maximum absolute atomic E-state index is 7.38. The van der Waals surface area contributed by atoms with Crippen molar-refractivity contribution in [2.75, 3.05) is 4.90 Å². The first-order chi connectivity index (χ1) is 41.7. The number of para-hydroxylation sites is 3. The monoisotopic (exact) mass is 1080 g/mol. The fourth-order valence-electron chi connectivity index (χ4n) is 16.4. The van der Waals surface area contributed by atoms with Crippen LogP contribution >= 0.6 is 0 Å². The van der Waals surface area contributed by atoms with Crippen LogP contribution in [-0.2, 0) is 10.8 Å². The first-order valence-electron chi connectivity index (χ1n) is 31.0. The van der Waals surface area contributed by atoms with Crippen LogP contribution < -0.4 is 14.4 Å². The number of nitrogens with zero attached hydrogens (tertiary/aromatic N) is 1. The molecule has 0 amide bonds. The lowest BCUT2D eigenvalue weighted by atomic mass is 9.63. The molecule has 1 atom stereocenters. The molecule has 0 aromatic heterocycles. The molecular formula is C81H65NO2. The Morgan fingerprint density at radius 1 is 0.333 bits per heavy atom. The Morgan fingerprint density at radius 2 is 0.821 bits per heavy atom. The Hall–Kier alpha value is -9.18. The van der Waals surface area contributed by atoms with Gasteiger partial charge in [0.15, 0.2) is 0 Å². The summed E-state index contributed by atoms with van der Waals surface area (Å²) in [4.78, 5) is 2.68. The molecule has 0 saturated heterocycles. The summed E-state index contributed by atoms with van der Waals surface area (Å²) in [5.41, 5.74) is 23.9. The lowest BCUT2D eigenvalue weighted by molar-refractivity contribution is 0.433. The average molecular weight is 1080 g/mol. The van der Waals surface area contributed by atoms with E-state index >= 15 is 0 Å². The van der Waals surface area contributed by atoms with Crippen molar-refractivity contribution in [2.45, 2.75) is 92.9 Å². The van der Waals surface area contributed by atoms with E-state index in [4.69, 9.17) is 9.47 Å². The molecule has 3 nitrogen and oxygen atoms in total. The van der Waals surface area contributed by atoms with Gasteiger partial charge in [0.05, 0.1) is 16.9 Å². The van der Waals surface area contributed by atoms with Crippen molar-refractivity contribution in [1.29, 1.82) is 0 Å². The Kier molecular flexibility index (Phi) is 11.6. The second-order valence-corrected chi connectivity index (χ2v) is 24.6. The molecule has 0 radical (unpaired) electrons. The van der Waals surface area contributed by atoms with Crippen molar-refractivity contribution < 1.29 is 9.47 Å². The molecule has 2 saturated carbocycles. The van der Waals surface area contributed by atoms with E-state index in [1.165, 1.54) is 148 Å². The zero-order valence-electron chi connectivity index (χ0n) is 47.3. The van der Waals surface area contributed by atoms with E-state index in [9.17, 15) is 0 Å². The van der Waals surface area contributed by atoms with Gasteiger partial charge >= 0.3 is 0 Å². The van der Waals surface area contributed by atoms with Crippen LogP contribution in [0.5, 0.6) is 23.0 Å². The minimum atomic E-state index is -0.707. The van der Waals surface area contributed by atoms with Gasteiger partial charge in [-0.15, -0.1) is 0 Å². The van der Waals surface area contributed by atoms with Crippen molar-refractivity contribution in [3.8, 4) is 56.4 Å². The highest BCUT2D eigenvalue weighted by Gasteiger charge is 2.58. The molecule has 3 heteroatoms. The third kappa shape index (κ3) is 7.50. The van der Waals surface area contributed by atoms with Gasteiger partial charge < -0.3 is 14.4 Å². The molecule has 6 aliphatic rings. The van der Waals surface area contributed by atoms with Crippen molar-refractivity contribution in [2.24, 2.45) is 0 Å². The van der Waals surface area contributed by atoms with Crippen LogP contribution in [0.4, 0.5) is 11.4 Å². The average Bonchev–Trinajstić information content (AvgIpc) is 1.48. The van der Waals surface area contributed by atoms with Gasteiger partial charge in [0.1, 0.15) is 23.0 Å². The summed E-state index contributed by atoms with van der Waals surface area (Å²) in [6.07, 6.45) is 12.8. The predicted octanol–water partition coefficient (Wildman–Crippen LogP) is 21.3. The van der Waals surface area contributed by atoms with E-state index in [1.54, 1.807) is 0 Å². The summed E-state index contributed by atoms with van der Waals surface area (Å²) in [7, 11) is 0. The Morgan fingerprint density at radius 3 is 1.44 bits per heavy atom. The maximum Gasteiger partial charge on any atom is 0.132 e. The molecule has 11 aromatic carbocycles. The molecule has 2 fully saturated rings. The Labute approximate surface area is 493 Å². The van der Waals surface area contributed by atoms with E-state index in [0.717, 1.165) is 51.1 Å². The number of rotatable bonds is 9. The van der Waals surface area contributed by atoms with Gasteiger partial charge in [-0.2, -0.15) is 0 Å². The molecule has 0 bridgehead atoms. The molecule has 0 N–H and O–H groups in total. The van der Waals surface area contributed by atoms with Crippen LogP contribution in [0.1, 0.15) is 149 Å². The third-order valence-electron chi connectivity index (χ3n) is 20.2. The SMILES string of the molecule is c1ccc(-c2ccc(-c3ccccc3N(c3ccc4c(c3)C(c3ccccc3)(c3ccccc3)c3ccccc3O4)C3c4ccc5c(c43)C3(c4ccccc4O5)c4cc(C5CCCCC5)ccc4-c4ccc(C5CCCCC5)cc43)cc2)cc1. The molecule has 2 heterocycles. The number of ether oxygens (including phenoxy) is 2. The van der Waals surface area contributed by atoms with Gasteiger partial charge in [0, 0.05) is 39.2 Å². The summed E-state index contributed by atoms with van der Waals surface area (Å²) in [5, 5.41) is 0. The molecular weight excluding hydrogens is 1020 g/mol. The van der Waals surface area contributed by atoms with E-state index in [0.29, 0.717) is 11.8 Å². The summed E-state index contributed by atoms with van der Waals surface area (Å²) >= 11 is 0. The van der Waals surface area contributed by atoms with Gasteiger partial charge in [-0.3, -0.25) is 0 Å². The van der Waals surface area contributed by atoms with Gasteiger partial charge in [-0.1, -0.05) is 251 Å². The largest absolute Gasteiger partial charge is 0.457 e. The van der Waals surface area contributed by atoms with Gasteiger partial charge in [-0.05, 0) is 152 Å². The van der Waals surface area contributed by atoms with Crippen LogP contribution in [0, 0.1) is 0 Å². The summed E-state index contributed by atoms with van der Waals surface area (Å²) in [6, 6.07) is 95.9. The highest BCUT2D eigenvalue weighted by atomic mass is 16.5. The van der Waals surface area contributed by atoms with E-state index in [2.05, 4.69) is 260 Å². The third-order valence-corrected chi connectivity index (χ3v) is 20.2. The number of fused-ring (bicyclic) bond motifs is 13. The normalized spacial score (nSPS) is 17.5. The zero-order chi connectivity index (χ0) is 55.3. The highest BCUT2D eigenvalue weighted by Crippen LogP contribution is 2.69. The summed E-state index contributed by atoms with van der Waals surface area (Å²) < 4.78 is 14.5. The Bertz CT molecular complexity index is 4230. The number of hydrogen-bond donors (Lipinski definition) is 0. The molecule has 4 aliphatic carbocycles. The topological polar surface area (TPSA) is 21.7 Å². The summed E-state index contributed by atoms with van der Waals surface area (Å²) in [5.74, 6) is 4.72. The van der Waals surface area contributed by atoms with E-state index < -0.39 is 10.8 Å². The Balaban J connectivity index is 0.924.